The summed E-state index contributed by atoms with van der Waals surface area (Å²) in [7, 11) is 0. The van der Waals surface area contributed by atoms with Gasteiger partial charge in [0.15, 0.2) is 0 Å². The van der Waals surface area contributed by atoms with Gasteiger partial charge in [-0.15, -0.1) is 11.5 Å². The molecule has 0 fully saturated rings. The van der Waals surface area contributed by atoms with Gasteiger partial charge in [0, 0.05) is 10.0 Å². The second-order valence-corrected chi connectivity index (χ2v) is 6.22. The van der Waals surface area contributed by atoms with Crippen LogP contribution in [-0.2, 0) is 4.79 Å². The molecule has 0 aliphatic heterocycles. The molecule has 1 aromatic heterocycles. The number of aryl methyl sites for hydroxylation is 1. The van der Waals surface area contributed by atoms with Gasteiger partial charge in [-0.05, 0) is 43.0 Å². The molecule has 2 rings (SSSR count). The van der Waals surface area contributed by atoms with E-state index in [1.54, 1.807) is 25.1 Å². The van der Waals surface area contributed by atoms with E-state index in [2.05, 4.69) is 37.0 Å². The predicted molar refractivity (Wildman–Crippen MR) is 91.1 cm³/mol. The molecule has 0 aliphatic rings. The number of aromatic amines is 1. The van der Waals surface area contributed by atoms with Gasteiger partial charge in [0.1, 0.15) is 23.1 Å². The van der Waals surface area contributed by atoms with Gasteiger partial charge in [0.05, 0.1) is 0 Å². The molecule has 2 aromatic rings. The molecule has 0 atom stereocenters. The van der Waals surface area contributed by atoms with E-state index in [1.165, 1.54) is 6.08 Å². The predicted octanol–water partition coefficient (Wildman–Crippen LogP) is 3.11. The van der Waals surface area contributed by atoms with E-state index in [0.717, 1.165) is 16.2 Å². The highest BCUT2D eigenvalue weighted by atomic mass is 79.9. The smallest absolute Gasteiger partial charge is 0.342 e. The lowest BCUT2D eigenvalue weighted by molar-refractivity contribution is -0.131. The Balaban J connectivity index is 2.36. The Morgan fingerprint density at radius 1 is 1.61 bits per heavy atom. The number of aromatic nitrogens is 3. The SMILES string of the molecule is C#CCOc1ccc(Br)cc1C=C(Sc1n[nH]c(C)n1)C(=O)O. The minimum Gasteiger partial charge on any atom is -0.480 e. The molecule has 0 saturated carbocycles. The average Bonchev–Trinajstić information content (AvgIpc) is 2.91. The van der Waals surface area contributed by atoms with Crippen LogP contribution < -0.4 is 4.74 Å². The van der Waals surface area contributed by atoms with Crippen molar-refractivity contribution in [2.24, 2.45) is 0 Å². The number of hydrogen-bond donors (Lipinski definition) is 2. The van der Waals surface area contributed by atoms with E-state index >= 15 is 0 Å². The van der Waals surface area contributed by atoms with Gasteiger partial charge >= 0.3 is 5.97 Å². The molecule has 2 N–H and O–H groups in total. The van der Waals surface area contributed by atoms with E-state index < -0.39 is 5.97 Å². The molecule has 23 heavy (non-hydrogen) atoms. The summed E-state index contributed by atoms with van der Waals surface area (Å²) in [5.41, 5.74) is 0.590. The fourth-order valence-electron chi connectivity index (χ4n) is 1.63. The van der Waals surface area contributed by atoms with Crippen LogP contribution in [0.4, 0.5) is 0 Å². The van der Waals surface area contributed by atoms with Crippen LogP contribution in [-0.4, -0.2) is 32.9 Å². The molecular weight excluding hydrogens is 382 g/mol. The Morgan fingerprint density at radius 2 is 2.39 bits per heavy atom. The van der Waals surface area contributed by atoms with Gasteiger partial charge in [-0.3, -0.25) is 5.10 Å². The average molecular weight is 394 g/mol. The van der Waals surface area contributed by atoms with E-state index in [0.29, 0.717) is 22.3 Å². The molecule has 8 heteroatoms. The van der Waals surface area contributed by atoms with Crippen molar-refractivity contribution in [1.82, 2.24) is 15.2 Å². The van der Waals surface area contributed by atoms with E-state index in [1.807, 2.05) is 0 Å². The molecule has 0 bridgehead atoms. The fraction of sp³-hybridized carbons (Fsp3) is 0.133. The Morgan fingerprint density at radius 3 is 3.00 bits per heavy atom. The van der Waals surface area contributed by atoms with Crippen molar-refractivity contribution < 1.29 is 14.6 Å². The number of aliphatic carboxylic acids is 1. The maximum atomic E-state index is 11.5. The third kappa shape index (κ3) is 4.87. The number of nitrogens with one attached hydrogen (secondary N) is 1. The molecule has 0 saturated heterocycles. The number of rotatable bonds is 6. The lowest BCUT2D eigenvalue weighted by Gasteiger charge is -2.08. The van der Waals surface area contributed by atoms with Crippen molar-refractivity contribution in [2.75, 3.05) is 6.61 Å². The number of H-pyrrole nitrogens is 1. The van der Waals surface area contributed by atoms with Gasteiger partial charge in [-0.25, -0.2) is 9.78 Å². The summed E-state index contributed by atoms with van der Waals surface area (Å²) in [5.74, 6) is 2.40. The molecule has 0 amide bonds. The number of ether oxygens (including phenoxy) is 1. The van der Waals surface area contributed by atoms with Crippen molar-refractivity contribution in [3.8, 4) is 18.1 Å². The highest BCUT2D eigenvalue weighted by molar-refractivity contribution is 9.10. The van der Waals surface area contributed by atoms with Crippen LogP contribution in [0.15, 0.2) is 32.7 Å². The Hall–Kier alpha value is -2.24. The lowest BCUT2D eigenvalue weighted by atomic mass is 10.2. The number of thioether (sulfide) groups is 1. The largest absolute Gasteiger partial charge is 0.480 e. The fourth-order valence-corrected chi connectivity index (χ4v) is 2.75. The molecule has 0 radical (unpaired) electrons. The number of carboxylic acids is 1. The third-order valence-electron chi connectivity index (χ3n) is 2.56. The van der Waals surface area contributed by atoms with Crippen LogP contribution in [0.1, 0.15) is 11.4 Å². The highest BCUT2D eigenvalue weighted by Crippen LogP contribution is 2.30. The Kier molecular flexibility index (Phi) is 5.84. The first-order valence-electron chi connectivity index (χ1n) is 6.37. The van der Waals surface area contributed by atoms with Crippen molar-refractivity contribution in [2.45, 2.75) is 12.1 Å². The first kappa shape index (κ1) is 17.1. The van der Waals surface area contributed by atoms with Gasteiger partial charge in [-0.2, -0.15) is 0 Å². The molecule has 0 aliphatic carbocycles. The molecular formula is C15H12BrN3O3S. The number of carbonyl (C=O) groups is 1. The number of benzene rings is 1. The highest BCUT2D eigenvalue weighted by Gasteiger charge is 2.14. The maximum Gasteiger partial charge on any atom is 0.342 e. The summed E-state index contributed by atoms with van der Waals surface area (Å²) in [4.78, 5) is 15.6. The summed E-state index contributed by atoms with van der Waals surface area (Å²) >= 11 is 4.30. The zero-order chi connectivity index (χ0) is 16.8. The number of nitrogens with zero attached hydrogens (tertiary/aromatic N) is 2. The third-order valence-corrected chi connectivity index (χ3v) is 3.93. The first-order valence-corrected chi connectivity index (χ1v) is 7.98. The number of hydrogen-bond acceptors (Lipinski definition) is 5. The van der Waals surface area contributed by atoms with Crippen molar-refractivity contribution in [3.05, 3.63) is 39.0 Å². The first-order chi connectivity index (χ1) is 11.0. The van der Waals surface area contributed by atoms with Crippen molar-refractivity contribution in [3.63, 3.8) is 0 Å². The second-order valence-electron chi connectivity index (χ2n) is 4.29. The van der Waals surface area contributed by atoms with Crippen LogP contribution in [0.2, 0.25) is 0 Å². The summed E-state index contributed by atoms with van der Waals surface area (Å²) in [6, 6.07) is 5.25. The zero-order valence-electron chi connectivity index (χ0n) is 12.0. The van der Waals surface area contributed by atoms with Crippen LogP contribution in [0, 0.1) is 19.3 Å². The quantitative estimate of drug-likeness (QED) is 0.445. The van der Waals surface area contributed by atoms with Crippen molar-refractivity contribution in [1.29, 1.82) is 0 Å². The Labute approximate surface area is 145 Å². The lowest BCUT2D eigenvalue weighted by Crippen LogP contribution is -1.99. The standard InChI is InChI=1S/C15H12BrN3O3S/c1-3-6-22-12-5-4-11(16)7-10(12)8-13(14(20)21)23-15-17-9(2)18-19-15/h1,4-5,7-8H,6H2,2H3,(H,20,21)(H,17,18,19). The number of terminal acetylenes is 1. The second kappa shape index (κ2) is 7.85. The zero-order valence-corrected chi connectivity index (χ0v) is 14.4. The van der Waals surface area contributed by atoms with Crippen LogP contribution >= 0.6 is 27.7 Å². The topological polar surface area (TPSA) is 88.1 Å². The van der Waals surface area contributed by atoms with Gasteiger partial charge < -0.3 is 9.84 Å². The van der Waals surface area contributed by atoms with Gasteiger partial charge in [0.2, 0.25) is 5.16 Å². The van der Waals surface area contributed by atoms with Crippen LogP contribution in [0.25, 0.3) is 6.08 Å². The van der Waals surface area contributed by atoms with Crippen molar-refractivity contribution >= 4 is 39.7 Å². The van der Waals surface area contributed by atoms with Crippen LogP contribution in [0.3, 0.4) is 0 Å². The van der Waals surface area contributed by atoms with E-state index in [4.69, 9.17) is 11.2 Å². The monoisotopic (exact) mass is 393 g/mol. The molecule has 6 nitrogen and oxygen atoms in total. The molecule has 1 heterocycles. The minimum atomic E-state index is -1.08. The summed E-state index contributed by atoms with van der Waals surface area (Å²) in [6.45, 7) is 1.83. The molecule has 1 aromatic carbocycles. The molecule has 0 unspecified atom stereocenters. The summed E-state index contributed by atoms with van der Waals surface area (Å²) in [5, 5.41) is 16.3. The number of halogens is 1. The van der Waals surface area contributed by atoms with Gasteiger partial charge in [-0.1, -0.05) is 21.9 Å². The maximum absolute atomic E-state index is 11.5. The minimum absolute atomic E-state index is 0.0626. The molecule has 118 valence electrons. The van der Waals surface area contributed by atoms with E-state index in [-0.39, 0.29) is 11.5 Å². The summed E-state index contributed by atoms with van der Waals surface area (Å²) < 4.78 is 6.23. The summed E-state index contributed by atoms with van der Waals surface area (Å²) in [6.07, 6.45) is 6.69. The Bertz CT molecular complexity index is 796. The van der Waals surface area contributed by atoms with Crippen LogP contribution in [0.5, 0.6) is 5.75 Å². The van der Waals surface area contributed by atoms with Gasteiger partial charge in [0.25, 0.3) is 0 Å². The van der Waals surface area contributed by atoms with E-state index in [9.17, 15) is 9.90 Å². The number of carboxylic acid groups (broad SMARTS) is 1. The molecule has 0 spiro atoms. The normalized spacial score (nSPS) is 11.1.